The molecule has 106 valence electrons. The van der Waals surface area contributed by atoms with Gasteiger partial charge in [0.15, 0.2) is 0 Å². The first-order valence-corrected chi connectivity index (χ1v) is 7.63. The predicted octanol–water partition coefficient (Wildman–Crippen LogP) is 4.67. The molecular formula is C14H21Cl2N3. The molecule has 1 heterocycles. The van der Waals surface area contributed by atoms with Gasteiger partial charge in [0.25, 0.3) is 0 Å². The van der Waals surface area contributed by atoms with Crippen molar-refractivity contribution in [3.63, 3.8) is 0 Å². The highest BCUT2D eigenvalue weighted by Gasteiger charge is 2.19. The quantitative estimate of drug-likeness (QED) is 0.848. The van der Waals surface area contributed by atoms with E-state index >= 15 is 0 Å². The highest BCUT2D eigenvalue weighted by Crippen LogP contribution is 2.31. The molecule has 0 aliphatic heterocycles. The van der Waals surface area contributed by atoms with E-state index in [1.54, 1.807) is 13.1 Å². The summed E-state index contributed by atoms with van der Waals surface area (Å²) in [7, 11) is 1.80. The minimum atomic E-state index is 0.546. The van der Waals surface area contributed by atoms with Crippen molar-refractivity contribution in [2.24, 2.45) is 11.8 Å². The lowest BCUT2D eigenvalue weighted by atomic mass is 9.82. The van der Waals surface area contributed by atoms with E-state index < -0.39 is 0 Å². The number of rotatable bonds is 4. The van der Waals surface area contributed by atoms with E-state index in [1.165, 1.54) is 25.7 Å². The maximum Gasteiger partial charge on any atom is 0.147 e. The van der Waals surface area contributed by atoms with Gasteiger partial charge < -0.3 is 10.6 Å². The Labute approximate surface area is 125 Å². The normalized spacial score (nSPS) is 23.2. The van der Waals surface area contributed by atoms with Crippen molar-refractivity contribution in [3.8, 4) is 0 Å². The molecule has 19 heavy (non-hydrogen) atoms. The Hall–Kier alpha value is -0.670. The van der Waals surface area contributed by atoms with Crippen LogP contribution in [0.15, 0.2) is 6.07 Å². The van der Waals surface area contributed by atoms with E-state index in [2.05, 4.69) is 22.5 Å². The molecule has 1 aliphatic rings. The van der Waals surface area contributed by atoms with Gasteiger partial charge in [0.05, 0.1) is 10.0 Å². The maximum atomic E-state index is 6.17. The van der Waals surface area contributed by atoms with Gasteiger partial charge in [-0.25, -0.2) is 4.98 Å². The highest BCUT2D eigenvalue weighted by molar-refractivity contribution is 6.37. The van der Waals surface area contributed by atoms with Crippen LogP contribution in [-0.4, -0.2) is 18.6 Å². The van der Waals surface area contributed by atoms with E-state index in [0.29, 0.717) is 21.7 Å². The van der Waals surface area contributed by atoms with Gasteiger partial charge in [-0.05, 0) is 30.7 Å². The van der Waals surface area contributed by atoms with Crippen molar-refractivity contribution in [2.75, 3.05) is 24.2 Å². The molecule has 2 rings (SSSR count). The number of nitrogens with one attached hydrogen (secondary N) is 2. The van der Waals surface area contributed by atoms with Crippen molar-refractivity contribution >= 4 is 34.8 Å². The van der Waals surface area contributed by atoms with Crippen LogP contribution in [0.25, 0.3) is 0 Å². The second-order valence-corrected chi connectivity index (χ2v) is 6.23. The molecule has 1 saturated carbocycles. The van der Waals surface area contributed by atoms with Gasteiger partial charge in [-0.15, -0.1) is 0 Å². The fourth-order valence-electron chi connectivity index (χ4n) is 2.75. The molecule has 0 radical (unpaired) electrons. The first-order chi connectivity index (χ1) is 9.10. The fourth-order valence-corrected chi connectivity index (χ4v) is 3.27. The van der Waals surface area contributed by atoms with Crippen LogP contribution in [0.5, 0.6) is 0 Å². The molecule has 1 aromatic rings. The van der Waals surface area contributed by atoms with Crippen LogP contribution in [0.4, 0.5) is 11.6 Å². The SMILES string of the molecule is CNc1nc(NCC2CCCC(C)C2)c(Cl)cc1Cl. The van der Waals surface area contributed by atoms with E-state index in [-0.39, 0.29) is 0 Å². The smallest absolute Gasteiger partial charge is 0.147 e. The lowest BCUT2D eigenvalue weighted by Crippen LogP contribution is -2.21. The monoisotopic (exact) mass is 301 g/mol. The number of anilines is 2. The van der Waals surface area contributed by atoms with E-state index in [4.69, 9.17) is 23.2 Å². The molecule has 2 N–H and O–H groups in total. The van der Waals surface area contributed by atoms with Gasteiger partial charge >= 0.3 is 0 Å². The van der Waals surface area contributed by atoms with Crippen molar-refractivity contribution in [2.45, 2.75) is 32.6 Å². The Morgan fingerprint density at radius 2 is 2.00 bits per heavy atom. The number of aromatic nitrogens is 1. The summed E-state index contributed by atoms with van der Waals surface area (Å²) >= 11 is 12.2. The zero-order valence-electron chi connectivity index (χ0n) is 11.5. The second kappa shape index (κ2) is 6.67. The van der Waals surface area contributed by atoms with Gasteiger partial charge in [0, 0.05) is 13.6 Å². The lowest BCUT2D eigenvalue weighted by Gasteiger charge is -2.27. The summed E-state index contributed by atoms with van der Waals surface area (Å²) in [6, 6.07) is 1.73. The topological polar surface area (TPSA) is 37.0 Å². The van der Waals surface area contributed by atoms with Gasteiger partial charge in [0.2, 0.25) is 0 Å². The summed E-state index contributed by atoms with van der Waals surface area (Å²) in [5.74, 6) is 2.93. The number of pyridine rings is 1. The number of hydrogen-bond acceptors (Lipinski definition) is 3. The lowest BCUT2D eigenvalue weighted by molar-refractivity contribution is 0.293. The molecule has 3 nitrogen and oxygen atoms in total. The Kier molecular flexibility index (Phi) is 5.17. The predicted molar refractivity (Wildman–Crippen MR) is 83.4 cm³/mol. The molecule has 0 bridgehead atoms. The van der Waals surface area contributed by atoms with Crippen molar-refractivity contribution in [1.82, 2.24) is 4.98 Å². The third kappa shape index (κ3) is 3.90. The average Bonchev–Trinajstić information content (AvgIpc) is 2.38. The molecule has 5 heteroatoms. The average molecular weight is 302 g/mol. The van der Waals surface area contributed by atoms with Crippen LogP contribution >= 0.6 is 23.2 Å². The highest BCUT2D eigenvalue weighted by atomic mass is 35.5. The van der Waals surface area contributed by atoms with Crippen LogP contribution in [0.2, 0.25) is 10.0 Å². The Morgan fingerprint density at radius 3 is 2.68 bits per heavy atom. The molecule has 0 aromatic carbocycles. The summed E-state index contributed by atoms with van der Waals surface area (Å²) in [5.41, 5.74) is 0. The van der Waals surface area contributed by atoms with Crippen LogP contribution < -0.4 is 10.6 Å². The number of hydrogen-bond donors (Lipinski definition) is 2. The first-order valence-electron chi connectivity index (χ1n) is 6.87. The largest absolute Gasteiger partial charge is 0.372 e. The van der Waals surface area contributed by atoms with E-state index in [1.807, 2.05) is 0 Å². The first kappa shape index (κ1) is 14.7. The minimum Gasteiger partial charge on any atom is -0.372 e. The van der Waals surface area contributed by atoms with Gasteiger partial charge in [-0.1, -0.05) is 43.0 Å². The van der Waals surface area contributed by atoms with Gasteiger partial charge in [0.1, 0.15) is 11.6 Å². The van der Waals surface area contributed by atoms with Crippen molar-refractivity contribution < 1.29 is 0 Å². The van der Waals surface area contributed by atoms with Crippen LogP contribution in [-0.2, 0) is 0 Å². The van der Waals surface area contributed by atoms with Gasteiger partial charge in [-0.2, -0.15) is 0 Å². The number of halogens is 2. The summed E-state index contributed by atoms with van der Waals surface area (Å²) < 4.78 is 0. The molecule has 1 aromatic heterocycles. The molecule has 2 unspecified atom stereocenters. The third-order valence-electron chi connectivity index (χ3n) is 3.77. The molecule has 1 aliphatic carbocycles. The molecular weight excluding hydrogens is 281 g/mol. The minimum absolute atomic E-state index is 0.546. The Balaban J connectivity index is 1.99. The molecule has 2 atom stereocenters. The summed E-state index contributed by atoms with van der Waals surface area (Å²) in [5, 5.41) is 7.45. The van der Waals surface area contributed by atoms with Crippen LogP contribution in [0, 0.1) is 11.8 Å². The zero-order valence-corrected chi connectivity index (χ0v) is 13.0. The summed E-state index contributed by atoms with van der Waals surface area (Å²) in [6.45, 7) is 3.26. The van der Waals surface area contributed by atoms with Gasteiger partial charge in [-0.3, -0.25) is 0 Å². The fraction of sp³-hybridized carbons (Fsp3) is 0.643. The molecule has 1 fully saturated rings. The van der Waals surface area contributed by atoms with E-state index in [9.17, 15) is 0 Å². The molecule has 0 amide bonds. The maximum absolute atomic E-state index is 6.17. The van der Waals surface area contributed by atoms with Crippen molar-refractivity contribution in [1.29, 1.82) is 0 Å². The molecule has 0 spiro atoms. The van der Waals surface area contributed by atoms with E-state index in [0.717, 1.165) is 18.4 Å². The van der Waals surface area contributed by atoms with Crippen LogP contribution in [0.1, 0.15) is 32.6 Å². The zero-order chi connectivity index (χ0) is 13.8. The standard InChI is InChI=1S/C14H21Cl2N3/c1-9-4-3-5-10(6-9)8-18-14-12(16)7-11(15)13(17-2)19-14/h7,9-10H,3-6,8H2,1-2H3,(H2,17,18,19). The number of nitrogens with zero attached hydrogens (tertiary/aromatic N) is 1. The Bertz CT molecular complexity index is 437. The van der Waals surface area contributed by atoms with Crippen molar-refractivity contribution in [3.05, 3.63) is 16.1 Å². The second-order valence-electron chi connectivity index (χ2n) is 5.42. The third-order valence-corrected chi connectivity index (χ3v) is 4.35. The summed E-state index contributed by atoms with van der Waals surface area (Å²) in [4.78, 5) is 4.41. The van der Waals surface area contributed by atoms with Crippen LogP contribution in [0.3, 0.4) is 0 Å². The summed E-state index contributed by atoms with van der Waals surface area (Å²) in [6.07, 6.45) is 5.27. The molecule has 0 saturated heterocycles. The Morgan fingerprint density at radius 1 is 1.26 bits per heavy atom.